The zero-order valence-electron chi connectivity index (χ0n) is 10.3. The summed E-state index contributed by atoms with van der Waals surface area (Å²) in [5.41, 5.74) is 0.753. The largest absolute Gasteiger partial charge is 0.478 e. The number of hydrogen-bond acceptors (Lipinski definition) is 3. The standard InChI is InChI=1S/C14H16N2O2/c1-3-10-16(11-4-2)14-12(6-5-9-15-14)7-8-13(17)18/h1,5-9H,4,10-11H2,2H3,(H,17,18)/b8-7+. The molecule has 0 saturated heterocycles. The van der Waals surface area contributed by atoms with E-state index in [0.29, 0.717) is 6.54 Å². The summed E-state index contributed by atoms with van der Waals surface area (Å²) in [5.74, 6) is 2.32. The third-order valence-corrected chi connectivity index (χ3v) is 2.30. The average molecular weight is 244 g/mol. The first kappa shape index (κ1) is 13.8. The fraction of sp³-hybridized carbons (Fsp3) is 0.286. The number of carboxylic acid groups (broad SMARTS) is 1. The fourth-order valence-corrected chi connectivity index (χ4v) is 1.60. The second-order valence-corrected chi connectivity index (χ2v) is 3.71. The molecule has 1 aromatic rings. The van der Waals surface area contributed by atoms with Crippen molar-refractivity contribution in [1.82, 2.24) is 4.98 Å². The number of carboxylic acids is 1. The SMILES string of the molecule is C#CCN(CCC)c1ncccc1/C=C/C(=O)O. The van der Waals surface area contributed by atoms with Gasteiger partial charge in [0.05, 0.1) is 6.54 Å². The quantitative estimate of drug-likeness (QED) is 0.614. The van der Waals surface area contributed by atoms with Crippen molar-refractivity contribution in [2.24, 2.45) is 0 Å². The Morgan fingerprint density at radius 1 is 1.67 bits per heavy atom. The van der Waals surface area contributed by atoms with E-state index >= 15 is 0 Å². The Balaban J connectivity index is 3.05. The van der Waals surface area contributed by atoms with Gasteiger partial charge in [-0.15, -0.1) is 6.42 Å². The molecule has 0 atom stereocenters. The third-order valence-electron chi connectivity index (χ3n) is 2.30. The molecule has 0 fully saturated rings. The molecule has 0 aliphatic rings. The van der Waals surface area contributed by atoms with E-state index in [1.54, 1.807) is 12.3 Å². The molecule has 94 valence electrons. The Labute approximate surface area is 107 Å². The molecule has 0 saturated carbocycles. The van der Waals surface area contributed by atoms with Crippen molar-refractivity contribution in [2.75, 3.05) is 18.0 Å². The molecular formula is C14H16N2O2. The monoisotopic (exact) mass is 244 g/mol. The van der Waals surface area contributed by atoms with Gasteiger partial charge < -0.3 is 10.0 Å². The van der Waals surface area contributed by atoms with Gasteiger partial charge in [-0.25, -0.2) is 9.78 Å². The van der Waals surface area contributed by atoms with Crippen LogP contribution in [0.4, 0.5) is 5.82 Å². The maximum absolute atomic E-state index is 10.6. The molecule has 0 aliphatic carbocycles. The number of carbonyl (C=O) groups is 1. The third kappa shape index (κ3) is 3.95. The highest BCUT2D eigenvalue weighted by molar-refractivity contribution is 5.86. The first-order valence-corrected chi connectivity index (χ1v) is 5.73. The molecular weight excluding hydrogens is 228 g/mol. The molecule has 1 aromatic heterocycles. The lowest BCUT2D eigenvalue weighted by Crippen LogP contribution is -2.26. The van der Waals surface area contributed by atoms with Crippen LogP contribution >= 0.6 is 0 Å². The first-order valence-electron chi connectivity index (χ1n) is 5.73. The number of pyridine rings is 1. The molecule has 1 N–H and O–H groups in total. The lowest BCUT2D eigenvalue weighted by molar-refractivity contribution is -0.131. The minimum atomic E-state index is -0.983. The van der Waals surface area contributed by atoms with Gasteiger partial charge in [0.2, 0.25) is 0 Å². The maximum Gasteiger partial charge on any atom is 0.328 e. The number of aliphatic carboxylic acids is 1. The molecule has 0 spiro atoms. The van der Waals surface area contributed by atoms with Gasteiger partial charge in [-0.1, -0.05) is 12.8 Å². The average Bonchev–Trinajstić information content (AvgIpc) is 2.36. The minimum absolute atomic E-state index is 0.457. The van der Waals surface area contributed by atoms with Crippen LogP contribution in [0.3, 0.4) is 0 Å². The smallest absolute Gasteiger partial charge is 0.328 e. The number of rotatable bonds is 6. The molecule has 18 heavy (non-hydrogen) atoms. The fourth-order valence-electron chi connectivity index (χ4n) is 1.60. The zero-order chi connectivity index (χ0) is 13.4. The molecule has 4 heteroatoms. The topological polar surface area (TPSA) is 53.4 Å². The summed E-state index contributed by atoms with van der Waals surface area (Å²) < 4.78 is 0. The summed E-state index contributed by atoms with van der Waals surface area (Å²) in [4.78, 5) is 16.8. The summed E-state index contributed by atoms with van der Waals surface area (Å²) in [5, 5.41) is 8.66. The van der Waals surface area contributed by atoms with Crippen molar-refractivity contribution >= 4 is 17.9 Å². The number of anilines is 1. The summed E-state index contributed by atoms with van der Waals surface area (Å²) in [7, 11) is 0. The van der Waals surface area contributed by atoms with Gasteiger partial charge in [-0.2, -0.15) is 0 Å². The first-order chi connectivity index (χ1) is 8.69. The molecule has 0 unspecified atom stereocenters. The van der Waals surface area contributed by atoms with E-state index in [4.69, 9.17) is 11.5 Å². The van der Waals surface area contributed by atoms with E-state index in [2.05, 4.69) is 17.8 Å². The Kier molecular flexibility index (Phi) is 5.46. The summed E-state index contributed by atoms with van der Waals surface area (Å²) in [6, 6.07) is 3.59. The van der Waals surface area contributed by atoms with Crippen LogP contribution in [-0.2, 0) is 4.79 Å². The predicted octanol–water partition coefficient (Wildman–Crippen LogP) is 2.03. The van der Waals surface area contributed by atoms with Crippen LogP contribution in [0.15, 0.2) is 24.4 Å². The van der Waals surface area contributed by atoms with E-state index in [1.807, 2.05) is 11.0 Å². The van der Waals surface area contributed by atoms with E-state index < -0.39 is 5.97 Å². The highest BCUT2D eigenvalue weighted by Crippen LogP contribution is 2.18. The van der Waals surface area contributed by atoms with E-state index in [1.165, 1.54) is 6.08 Å². The molecule has 1 heterocycles. The molecule has 0 amide bonds. The minimum Gasteiger partial charge on any atom is -0.478 e. The van der Waals surface area contributed by atoms with Crippen LogP contribution in [0.1, 0.15) is 18.9 Å². The molecule has 0 aliphatic heterocycles. The van der Waals surface area contributed by atoms with Gasteiger partial charge in [0.25, 0.3) is 0 Å². The van der Waals surface area contributed by atoms with Crippen LogP contribution in [0.25, 0.3) is 6.08 Å². The lowest BCUT2D eigenvalue weighted by Gasteiger charge is -2.22. The van der Waals surface area contributed by atoms with Crippen molar-refractivity contribution in [3.05, 3.63) is 30.0 Å². The summed E-state index contributed by atoms with van der Waals surface area (Å²) in [6.07, 6.45) is 10.6. The van der Waals surface area contributed by atoms with Crippen molar-refractivity contribution in [3.63, 3.8) is 0 Å². The normalized spacial score (nSPS) is 10.2. The Morgan fingerprint density at radius 3 is 3.06 bits per heavy atom. The Bertz CT molecular complexity index is 475. The Morgan fingerprint density at radius 2 is 2.44 bits per heavy atom. The van der Waals surface area contributed by atoms with Crippen LogP contribution < -0.4 is 4.90 Å². The summed E-state index contributed by atoms with van der Waals surface area (Å²) in [6.45, 7) is 3.30. The molecule has 0 bridgehead atoms. The predicted molar refractivity (Wildman–Crippen MR) is 72.2 cm³/mol. The number of hydrogen-bond donors (Lipinski definition) is 1. The van der Waals surface area contributed by atoms with E-state index in [9.17, 15) is 4.79 Å². The van der Waals surface area contributed by atoms with Gasteiger partial charge in [0.15, 0.2) is 0 Å². The van der Waals surface area contributed by atoms with E-state index in [-0.39, 0.29) is 0 Å². The van der Waals surface area contributed by atoms with Gasteiger partial charge in [-0.05, 0) is 24.6 Å². The van der Waals surface area contributed by atoms with Crippen LogP contribution in [-0.4, -0.2) is 29.1 Å². The van der Waals surface area contributed by atoms with Gasteiger partial charge in [0, 0.05) is 24.4 Å². The van der Waals surface area contributed by atoms with Crippen LogP contribution in [0.2, 0.25) is 0 Å². The van der Waals surface area contributed by atoms with Gasteiger partial charge in [0.1, 0.15) is 5.82 Å². The van der Waals surface area contributed by atoms with Crippen LogP contribution in [0, 0.1) is 12.3 Å². The highest BCUT2D eigenvalue weighted by Gasteiger charge is 2.09. The number of aromatic nitrogens is 1. The number of terminal acetylenes is 1. The van der Waals surface area contributed by atoms with Crippen molar-refractivity contribution < 1.29 is 9.90 Å². The van der Waals surface area contributed by atoms with Crippen molar-refractivity contribution in [2.45, 2.75) is 13.3 Å². The highest BCUT2D eigenvalue weighted by atomic mass is 16.4. The van der Waals surface area contributed by atoms with Crippen molar-refractivity contribution in [3.8, 4) is 12.3 Å². The lowest BCUT2D eigenvalue weighted by atomic mass is 10.2. The van der Waals surface area contributed by atoms with Gasteiger partial charge in [-0.3, -0.25) is 0 Å². The van der Waals surface area contributed by atoms with Gasteiger partial charge >= 0.3 is 5.97 Å². The van der Waals surface area contributed by atoms with E-state index in [0.717, 1.165) is 30.4 Å². The zero-order valence-corrected chi connectivity index (χ0v) is 10.3. The maximum atomic E-state index is 10.6. The number of nitrogens with zero attached hydrogens (tertiary/aromatic N) is 2. The molecule has 0 aromatic carbocycles. The second kappa shape index (κ2) is 7.13. The molecule has 0 radical (unpaired) electrons. The molecule has 4 nitrogen and oxygen atoms in total. The van der Waals surface area contributed by atoms with Crippen molar-refractivity contribution in [1.29, 1.82) is 0 Å². The Hall–Kier alpha value is -2.28. The second-order valence-electron chi connectivity index (χ2n) is 3.71. The van der Waals surface area contributed by atoms with Crippen LogP contribution in [0.5, 0.6) is 0 Å². The molecule has 1 rings (SSSR count). The summed E-state index contributed by atoms with van der Waals surface area (Å²) >= 11 is 0.